The largest absolute Gasteiger partial charge is 0.494 e. The van der Waals surface area contributed by atoms with Crippen LogP contribution < -0.4 is 10.1 Å². The van der Waals surface area contributed by atoms with Gasteiger partial charge in [-0.15, -0.1) is 0 Å². The van der Waals surface area contributed by atoms with Gasteiger partial charge in [-0.2, -0.15) is 0 Å². The Morgan fingerprint density at radius 1 is 1.10 bits per heavy atom. The van der Waals surface area contributed by atoms with E-state index in [1.54, 1.807) is 0 Å². The lowest BCUT2D eigenvalue weighted by atomic mass is 9.83. The van der Waals surface area contributed by atoms with Crippen LogP contribution in [-0.4, -0.2) is 19.7 Å². The van der Waals surface area contributed by atoms with Crippen molar-refractivity contribution >= 4 is 0 Å². The average Bonchev–Trinajstić information content (AvgIpc) is 2.44. The summed E-state index contributed by atoms with van der Waals surface area (Å²) in [6, 6.07) is 6.52. The third kappa shape index (κ3) is 6.99. The molecule has 120 valence electrons. The topological polar surface area (TPSA) is 21.3 Å². The lowest BCUT2D eigenvalue weighted by Crippen LogP contribution is -2.23. The Morgan fingerprint density at radius 2 is 1.86 bits per heavy atom. The molecule has 0 aromatic heterocycles. The minimum atomic E-state index is 0.369. The Hall–Kier alpha value is -1.02. The van der Waals surface area contributed by atoms with Crippen molar-refractivity contribution in [3.63, 3.8) is 0 Å². The van der Waals surface area contributed by atoms with E-state index in [9.17, 15) is 0 Å². The first kappa shape index (κ1) is 18.0. The Labute approximate surface area is 131 Å². The van der Waals surface area contributed by atoms with Gasteiger partial charge in [-0.05, 0) is 69.7 Å². The summed E-state index contributed by atoms with van der Waals surface area (Å²) in [7, 11) is 0. The summed E-state index contributed by atoms with van der Waals surface area (Å²) in [5.41, 5.74) is 3.04. The smallest absolute Gasteiger partial charge is 0.122 e. The van der Waals surface area contributed by atoms with Crippen LogP contribution in [0.1, 0.15) is 58.1 Å². The van der Waals surface area contributed by atoms with E-state index in [0.717, 1.165) is 31.9 Å². The van der Waals surface area contributed by atoms with Gasteiger partial charge in [-0.25, -0.2) is 0 Å². The van der Waals surface area contributed by atoms with Gasteiger partial charge in [0.2, 0.25) is 0 Å². The van der Waals surface area contributed by atoms with E-state index >= 15 is 0 Å². The Kier molecular flexibility index (Phi) is 7.81. The standard InChI is InChI=1S/C19H33NO/c1-6-13-20-14-12-19(4,5)11-10-17-15-16(3)8-9-18(17)21-7-2/h8-9,15,20H,6-7,10-14H2,1-5H3. The first-order valence-corrected chi connectivity index (χ1v) is 8.41. The molecule has 0 saturated carbocycles. The molecule has 0 aliphatic carbocycles. The molecule has 0 amide bonds. The number of benzene rings is 1. The van der Waals surface area contributed by atoms with Gasteiger partial charge in [0, 0.05) is 0 Å². The van der Waals surface area contributed by atoms with Crippen LogP contribution in [0.4, 0.5) is 0 Å². The van der Waals surface area contributed by atoms with E-state index in [1.807, 2.05) is 6.92 Å². The molecule has 0 fully saturated rings. The molecule has 0 unspecified atom stereocenters. The van der Waals surface area contributed by atoms with Crippen LogP contribution in [0.3, 0.4) is 0 Å². The number of aryl methyl sites for hydroxylation is 2. The van der Waals surface area contributed by atoms with Crippen LogP contribution in [0.25, 0.3) is 0 Å². The van der Waals surface area contributed by atoms with Crippen LogP contribution >= 0.6 is 0 Å². The predicted molar refractivity (Wildman–Crippen MR) is 92.2 cm³/mol. The molecule has 21 heavy (non-hydrogen) atoms. The second kappa shape index (κ2) is 9.09. The van der Waals surface area contributed by atoms with Crippen molar-refractivity contribution in [2.45, 2.75) is 60.3 Å². The van der Waals surface area contributed by atoms with Gasteiger partial charge in [0.15, 0.2) is 0 Å². The fourth-order valence-electron chi connectivity index (χ4n) is 2.53. The molecule has 0 saturated heterocycles. The average molecular weight is 291 g/mol. The maximum Gasteiger partial charge on any atom is 0.122 e. The van der Waals surface area contributed by atoms with E-state index in [4.69, 9.17) is 4.74 Å². The molecule has 1 N–H and O–H groups in total. The monoisotopic (exact) mass is 291 g/mol. The van der Waals surface area contributed by atoms with E-state index in [2.05, 4.69) is 51.2 Å². The van der Waals surface area contributed by atoms with Crippen LogP contribution in [-0.2, 0) is 6.42 Å². The number of hydrogen-bond acceptors (Lipinski definition) is 2. The molecule has 1 rings (SSSR count). The summed E-state index contributed by atoms with van der Waals surface area (Å²) in [4.78, 5) is 0. The number of nitrogens with one attached hydrogen (secondary N) is 1. The highest BCUT2D eigenvalue weighted by atomic mass is 16.5. The molecule has 0 aliphatic heterocycles. The molecule has 1 aromatic carbocycles. The molecule has 0 heterocycles. The Morgan fingerprint density at radius 3 is 2.52 bits per heavy atom. The molecule has 2 heteroatoms. The second-order valence-corrected chi connectivity index (χ2v) is 6.71. The summed E-state index contributed by atoms with van der Waals surface area (Å²) in [5, 5.41) is 3.51. The van der Waals surface area contributed by atoms with Crippen molar-refractivity contribution in [3.8, 4) is 5.75 Å². The summed E-state index contributed by atoms with van der Waals surface area (Å²) in [6.07, 6.45) is 4.73. The quantitative estimate of drug-likeness (QED) is 0.629. The summed E-state index contributed by atoms with van der Waals surface area (Å²) < 4.78 is 5.76. The van der Waals surface area contributed by atoms with Crippen LogP contribution in [0.2, 0.25) is 0 Å². The molecule has 0 bridgehead atoms. The normalized spacial score (nSPS) is 11.7. The second-order valence-electron chi connectivity index (χ2n) is 6.71. The van der Waals surface area contributed by atoms with E-state index in [0.29, 0.717) is 5.41 Å². The first-order chi connectivity index (χ1) is 9.98. The van der Waals surface area contributed by atoms with Crippen LogP contribution in [0.15, 0.2) is 18.2 Å². The van der Waals surface area contributed by atoms with Crippen molar-refractivity contribution in [1.29, 1.82) is 0 Å². The zero-order valence-electron chi connectivity index (χ0n) is 14.6. The fourth-order valence-corrected chi connectivity index (χ4v) is 2.53. The van der Waals surface area contributed by atoms with Gasteiger partial charge in [-0.3, -0.25) is 0 Å². The van der Waals surface area contributed by atoms with E-state index < -0.39 is 0 Å². The fraction of sp³-hybridized carbons (Fsp3) is 0.684. The van der Waals surface area contributed by atoms with Gasteiger partial charge < -0.3 is 10.1 Å². The summed E-state index contributed by atoms with van der Waals surface area (Å²) in [5.74, 6) is 1.06. The molecule has 0 spiro atoms. The van der Waals surface area contributed by atoms with Gasteiger partial charge in [0.05, 0.1) is 6.61 Å². The van der Waals surface area contributed by atoms with Gasteiger partial charge in [0.1, 0.15) is 5.75 Å². The van der Waals surface area contributed by atoms with Crippen molar-refractivity contribution in [2.24, 2.45) is 5.41 Å². The molecule has 2 nitrogen and oxygen atoms in total. The first-order valence-electron chi connectivity index (χ1n) is 8.41. The lowest BCUT2D eigenvalue weighted by molar-refractivity contribution is 0.297. The maximum atomic E-state index is 5.76. The zero-order chi connectivity index (χ0) is 15.7. The molecular formula is C19H33NO. The zero-order valence-corrected chi connectivity index (χ0v) is 14.6. The predicted octanol–water partition coefficient (Wildman–Crippen LogP) is 4.74. The SMILES string of the molecule is CCCNCCC(C)(C)CCc1cc(C)ccc1OCC. The highest BCUT2D eigenvalue weighted by Gasteiger charge is 2.18. The Bertz CT molecular complexity index is 412. The van der Waals surface area contributed by atoms with Gasteiger partial charge in [-0.1, -0.05) is 38.5 Å². The highest BCUT2D eigenvalue weighted by molar-refractivity contribution is 5.37. The van der Waals surface area contributed by atoms with Crippen LogP contribution in [0, 0.1) is 12.3 Å². The number of ether oxygens (including phenoxy) is 1. The molecular weight excluding hydrogens is 258 g/mol. The highest BCUT2D eigenvalue weighted by Crippen LogP contribution is 2.30. The minimum absolute atomic E-state index is 0.369. The van der Waals surface area contributed by atoms with Crippen molar-refractivity contribution < 1.29 is 4.74 Å². The maximum absolute atomic E-state index is 5.76. The minimum Gasteiger partial charge on any atom is -0.494 e. The van der Waals surface area contributed by atoms with Gasteiger partial charge in [0.25, 0.3) is 0 Å². The molecule has 0 atom stereocenters. The summed E-state index contributed by atoms with van der Waals surface area (Å²) in [6.45, 7) is 14.1. The van der Waals surface area contributed by atoms with E-state index in [1.165, 1.54) is 30.4 Å². The van der Waals surface area contributed by atoms with Crippen LogP contribution in [0.5, 0.6) is 5.75 Å². The molecule has 0 radical (unpaired) electrons. The van der Waals surface area contributed by atoms with Crippen molar-refractivity contribution in [1.82, 2.24) is 5.32 Å². The molecule has 1 aromatic rings. The Balaban J connectivity index is 2.54. The van der Waals surface area contributed by atoms with Gasteiger partial charge >= 0.3 is 0 Å². The number of rotatable bonds is 10. The third-order valence-corrected chi connectivity index (χ3v) is 3.99. The van der Waals surface area contributed by atoms with Crippen molar-refractivity contribution in [2.75, 3.05) is 19.7 Å². The summed E-state index contributed by atoms with van der Waals surface area (Å²) >= 11 is 0. The van der Waals surface area contributed by atoms with Crippen molar-refractivity contribution in [3.05, 3.63) is 29.3 Å². The lowest BCUT2D eigenvalue weighted by Gasteiger charge is -2.25. The molecule has 0 aliphatic rings. The van der Waals surface area contributed by atoms with E-state index in [-0.39, 0.29) is 0 Å². The third-order valence-electron chi connectivity index (χ3n) is 3.99. The number of hydrogen-bond donors (Lipinski definition) is 1.